The van der Waals surface area contributed by atoms with Gasteiger partial charge in [-0.05, 0) is 29.0 Å². The van der Waals surface area contributed by atoms with Crippen LogP contribution in [0.5, 0.6) is 0 Å². The minimum atomic E-state index is 0.217. The predicted molar refractivity (Wildman–Crippen MR) is 84.1 cm³/mol. The molecule has 0 N–H and O–H groups in total. The first-order valence-corrected chi connectivity index (χ1v) is 7.73. The van der Waals surface area contributed by atoms with Crippen molar-refractivity contribution in [1.82, 2.24) is 14.5 Å². The summed E-state index contributed by atoms with van der Waals surface area (Å²) in [6.07, 6.45) is 2.80. The van der Waals surface area contributed by atoms with Crippen molar-refractivity contribution in [3.05, 3.63) is 46.5 Å². The minimum absolute atomic E-state index is 0.217. The number of fused-ring (bicyclic) bond motifs is 1. The largest absolute Gasteiger partial charge is 0.307 e. The Bertz CT molecular complexity index is 705. The number of hydrogen-bond acceptors (Lipinski definition) is 3. The number of imidazole rings is 1. The minimum Gasteiger partial charge on any atom is -0.307 e. The Kier molecular flexibility index (Phi) is 3.34. The molecule has 0 amide bonds. The van der Waals surface area contributed by atoms with Crippen LogP contribution in [0.1, 0.15) is 31.5 Å². The molecule has 0 aliphatic carbocycles. The van der Waals surface area contributed by atoms with Crippen LogP contribution in [-0.2, 0) is 13.0 Å². The van der Waals surface area contributed by atoms with Gasteiger partial charge < -0.3 is 4.57 Å². The lowest BCUT2D eigenvalue weighted by atomic mass is 9.92. The third-order valence-electron chi connectivity index (χ3n) is 3.17. The average molecular weight is 285 g/mol. The van der Waals surface area contributed by atoms with Gasteiger partial charge in [-0.15, -0.1) is 11.3 Å². The normalized spacial score (nSPS) is 12.2. The summed E-state index contributed by atoms with van der Waals surface area (Å²) in [7, 11) is 0. The van der Waals surface area contributed by atoms with Crippen LogP contribution in [0.15, 0.2) is 35.8 Å². The van der Waals surface area contributed by atoms with Crippen LogP contribution < -0.4 is 0 Å². The molecule has 0 spiro atoms. The molecule has 0 aromatic carbocycles. The second-order valence-electron chi connectivity index (χ2n) is 6.28. The molecule has 104 valence electrons. The molecule has 20 heavy (non-hydrogen) atoms. The van der Waals surface area contributed by atoms with E-state index in [-0.39, 0.29) is 5.41 Å². The molecule has 0 saturated carbocycles. The van der Waals surface area contributed by atoms with Crippen molar-refractivity contribution in [2.45, 2.75) is 33.7 Å². The van der Waals surface area contributed by atoms with Crippen LogP contribution in [0.25, 0.3) is 11.2 Å². The van der Waals surface area contributed by atoms with Crippen LogP contribution in [0.3, 0.4) is 0 Å². The summed E-state index contributed by atoms with van der Waals surface area (Å²) in [5.74, 6) is 1.12. The van der Waals surface area contributed by atoms with Crippen LogP contribution in [0.4, 0.5) is 0 Å². The second kappa shape index (κ2) is 5.02. The van der Waals surface area contributed by atoms with Gasteiger partial charge in [0.05, 0.1) is 6.54 Å². The molecule has 0 atom stereocenters. The molecule has 3 aromatic rings. The first-order chi connectivity index (χ1) is 9.53. The summed E-state index contributed by atoms with van der Waals surface area (Å²) in [6.45, 7) is 7.59. The maximum atomic E-state index is 4.78. The third kappa shape index (κ3) is 2.75. The van der Waals surface area contributed by atoms with Crippen LogP contribution in [0.2, 0.25) is 0 Å². The summed E-state index contributed by atoms with van der Waals surface area (Å²) in [6, 6.07) is 8.25. The van der Waals surface area contributed by atoms with Crippen molar-refractivity contribution in [2.75, 3.05) is 0 Å². The topological polar surface area (TPSA) is 30.7 Å². The molecule has 0 saturated heterocycles. The molecule has 0 aliphatic rings. The Morgan fingerprint density at radius 3 is 2.75 bits per heavy atom. The number of thiophene rings is 1. The average Bonchev–Trinajstić information content (AvgIpc) is 2.97. The molecule has 3 aromatic heterocycles. The number of pyridine rings is 1. The van der Waals surface area contributed by atoms with Gasteiger partial charge in [-0.1, -0.05) is 26.8 Å². The highest BCUT2D eigenvalue weighted by Gasteiger charge is 2.18. The maximum absolute atomic E-state index is 4.78. The number of aromatic nitrogens is 3. The smallest absolute Gasteiger partial charge is 0.160 e. The quantitative estimate of drug-likeness (QED) is 0.724. The van der Waals surface area contributed by atoms with Crippen LogP contribution >= 0.6 is 11.3 Å². The molecule has 3 nitrogen and oxygen atoms in total. The highest BCUT2D eigenvalue weighted by atomic mass is 32.1. The fraction of sp³-hybridized carbons (Fsp3) is 0.375. The maximum Gasteiger partial charge on any atom is 0.160 e. The van der Waals surface area contributed by atoms with Crippen molar-refractivity contribution in [3.63, 3.8) is 0 Å². The number of hydrogen-bond donors (Lipinski definition) is 0. The van der Waals surface area contributed by atoms with E-state index in [4.69, 9.17) is 4.98 Å². The van der Waals surface area contributed by atoms with Crippen molar-refractivity contribution < 1.29 is 0 Å². The standard InChI is InChI=1S/C16H19N3S/c1-16(2,3)10-14-18-13-7-4-8-17-15(13)19(14)11-12-6-5-9-20-12/h4-9H,10-11H2,1-3H3. The monoisotopic (exact) mass is 285 g/mol. The van der Waals surface area contributed by atoms with E-state index in [1.807, 2.05) is 18.3 Å². The van der Waals surface area contributed by atoms with Gasteiger partial charge in [-0.2, -0.15) is 0 Å². The molecule has 0 bridgehead atoms. The Morgan fingerprint density at radius 1 is 1.20 bits per heavy atom. The van der Waals surface area contributed by atoms with Crippen molar-refractivity contribution in [3.8, 4) is 0 Å². The summed E-state index contributed by atoms with van der Waals surface area (Å²) in [5, 5.41) is 2.12. The van der Waals surface area contributed by atoms with E-state index >= 15 is 0 Å². The zero-order valence-corrected chi connectivity index (χ0v) is 12.9. The summed E-state index contributed by atoms with van der Waals surface area (Å²) in [5.41, 5.74) is 2.19. The van der Waals surface area contributed by atoms with Gasteiger partial charge in [-0.25, -0.2) is 9.97 Å². The zero-order valence-electron chi connectivity index (χ0n) is 12.1. The van der Waals surface area contributed by atoms with Gasteiger partial charge in [0.2, 0.25) is 0 Å². The summed E-state index contributed by atoms with van der Waals surface area (Å²) in [4.78, 5) is 10.6. The Balaban J connectivity index is 2.08. The third-order valence-corrected chi connectivity index (χ3v) is 4.03. The van der Waals surface area contributed by atoms with Gasteiger partial charge in [0.25, 0.3) is 0 Å². The van der Waals surface area contributed by atoms with Gasteiger partial charge in [0.15, 0.2) is 5.65 Å². The zero-order chi connectivity index (χ0) is 14.2. The predicted octanol–water partition coefficient (Wildman–Crippen LogP) is 4.13. The van der Waals surface area contributed by atoms with Crippen LogP contribution in [-0.4, -0.2) is 14.5 Å². The van der Waals surface area contributed by atoms with E-state index in [0.717, 1.165) is 30.0 Å². The fourth-order valence-electron chi connectivity index (χ4n) is 2.34. The summed E-state index contributed by atoms with van der Waals surface area (Å²) >= 11 is 1.78. The number of nitrogens with zero attached hydrogens (tertiary/aromatic N) is 3. The van der Waals surface area contributed by atoms with E-state index in [9.17, 15) is 0 Å². The highest BCUT2D eigenvalue weighted by molar-refractivity contribution is 7.09. The van der Waals surface area contributed by atoms with E-state index in [2.05, 4.69) is 47.8 Å². The van der Waals surface area contributed by atoms with Crippen LogP contribution in [0, 0.1) is 5.41 Å². The lowest BCUT2D eigenvalue weighted by Crippen LogP contribution is -2.15. The lowest BCUT2D eigenvalue weighted by Gasteiger charge is -2.18. The molecular formula is C16H19N3S. The number of rotatable bonds is 3. The molecule has 4 heteroatoms. The first kappa shape index (κ1) is 13.3. The van der Waals surface area contributed by atoms with E-state index in [1.54, 1.807) is 11.3 Å². The highest BCUT2D eigenvalue weighted by Crippen LogP contribution is 2.24. The van der Waals surface area contributed by atoms with E-state index in [0.29, 0.717) is 0 Å². The van der Waals surface area contributed by atoms with Crippen molar-refractivity contribution >= 4 is 22.5 Å². The Morgan fingerprint density at radius 2 is 2.05 bits per heavy atom. The van der Waals surface area contributed by atoms with Crippen molar-refractivity contribution in [2.24, 2.45) is 5.41 Å². The molecule has 0 aliphatic heterocycles. The molecular weight excluding hydrogens is 266 g/mol. The fourth-order valence-corrected chi connectivity index (χ4v) is 3.03. The molecule has 3 rings (SSSR count). The molecule has 0 fully saturated rings. The molecule has 0 radical (unpaired) electrons. The van der Waals surface area contributed by atoms with Crippen molar-refractivity contribution in [1.29, 1.82) is 0 Å². The second-order valence-corrected chi connectivity index (χ2v) is 7.31. The Hall–Kier alpha value is -1.68. The van der Waals surface area contributed by atoms with E-state index < -0.39 is 0 Å². The molecule has 0 unspecified atom stereocenters. The first-order valence-electron chi connectivity index (χ1n) is 6.85. The SMILES string of the molecule is CC(C)(C)Cc1nc2cccnc2n1Cc1cccs1. The lowest BCUT2D eigenvalue weighted by molar-refractivity contribution is 0.394. The summed E-state index contributed by atoms with van der Waals surface area (Å²) < 4.78 is 2.26. The Labute approximate surface area is 123 Å². The van der Waals surface area contributed by atoms with Gasteiger partial charge in [-0.3, -0.25) is 0 Å². The van der Waals surface area contributed by atoms with Gasteiger partial charge >= 0.3 is 0 Å². The molecule has 3 heterocycles. The van der Waals surface area contributed by atoms with Gasteiger partial charge in [0.1, 0.15) is 11.3 Å². The van der Waals surface area contributed by atoms with E-state index in [1.165, 1.54) is 4.88 Å². The van der Waals surface area contributed by atoms with Gasteiger partial charge in [0, 0.05) is 17.5 Å².